The summed E-state index contributed by atoms with van der Waals surface area (Å²) in [6, 6.07) is 3.15. The Morgan fingerprint density at radius 2 is 1.89 bits per heavy atom. The normalized spacial score (nSPS) is 27.5. The van der Waals surface area contributed by atoms with E-state index in [-0.39, 0.29) is 29.2 Å². The zero-order valence-corrected chi connectivity index (χ0v) is 21.9. The standard InChI is InChI=1S/C24H28F2N6O5S/c1-4-9-38(34,35)22-27-20(29-24(7-8-24)12-5-6-13(25)14(26)10-12)17-21(28-22)32(31-30-17)15-11-16(33)19-18(15)36-23(2,3)37-19/h5-6,10,15-16,18-19,33H,4,7-9,11H2,1-3H3,(H,27,28,29). The van der Waals surface area contributed by atoms with Crippen LogP contribution in [0.1, 0.15) is 58.1 Å². The molecule has 3 aliphatic rings. The fraction of sp³-hybridized carbons (Fsp3) is 0.583. The van der Waals surface area contributed by atoms with Crippen molar-refractivity contribution in [2.45, 2.75) is 87.3 Å². The van der Waals surface area contributed by atoms with E-state index >= 15 is 0 Å². The Kier molecular flexibility index (Phi) is 5.76. The minimum Gasteiger partial charge on any atom is -0.390 e. The van der Waals surface area contributed by atoms with Gasteiger partial charge in [-0.1, -0.05) is 18.2 Å². The summed E-state index contributed by atoms with van der Waals surface area (Å²) in [5.41, 5.74) is 0.107. The molecule has 2 aliphatic carbocycles. The Morgan fingerprint density at radius 1 is 1.16 bits per heavy atom. The van der Waals surface area contributed by atoms with Crippen LogP contribution in [-0.4, -0.2) is 68.3 Å². The first-order chi connectivity index (χ1) is 17.9. The lowest BCUT2D eigenvalue weighted by Crippen LogP contribution is -2.29. The number of ether oxygens (including phenoxy) is 2. The Hall–Kier alpha value is -2.81. The number of fused-ring (bicyclic) bond motifs is 2. The van der Waals surface area contributed by atoms with Crippen LogP contribution in [-0.2, 0) is 24.8 Å². The van der Waals surface area contributed by atoms with Gasteiger partial charge < -0.3 is 19.9 Å². The monoisotopic (exact) mass is 550 g/mol. The second-order valence-electron chi connectivity index (χ2n) is 10.7. The molecule has 1 aliphatic heterocycles. The Balaban J connectivity index is 1.46. The van der Waals surface area contributed by atoms with Crippen molar-refractivity contribution in [2.24, 2.45) is 0 Å². The molecule has 2 saturated carbocycles. The van der Waals surface area contributed by atoms with Gasteiger partial charge in [0.05, 0.1) is 23.4 Å². The van der Waals surface area contributed by atoms with E-state index in [0.29, 0.717) is 24.8 Å². The predicted molar refractivity (Wildman–Crippen MR) is 130 cm³/mol. The predicted octanol–water partition coefficient (Wildman–Crippen LogP) is 2.61. The van der Waals surface area contributed by atoms with Crippen LogP contribution in [0.5, 0.6) is 0 Å². The molecule has 6 rings (SSSR count). The van der Waals surface area contributed by atoms with Gasteiger partial charge in [-0.15, -0.1) is 5.10 Å². The van der Waals surface area contributed by atoms with Gasteiger partial charge in [0.25, 0.3) is 5.16 Å². The molecule has 4 unspecified atom stereocenters. The van der Waals surface area contributed by atoms with Crippen molar-refractivity contribution >= 4 is 26.8 Å². The molecular formula is C24H28F2N6O5S. The van der Waals surface area contributed by atoms with Crippen molar-refractivity contribution < 1.29 is 31.8 Å². The number of benzene rings is 1. The van der Waals surface area contributed by atoms with Gasteiger partial charge in [0.2, 0.25) is 9.84 Å². The van der Waals surface area contributed by atoms with Gasteiger partial charge in [0.15, 0.2) is 34.4 Å². The van der Waals surface area contributed by atoms with E-state index in [1.165, 1.54) is 10.7 Å². The smallest absolute Gasteiger partial charge is 0.251 e. The minimum absolute atomic E-state index is 0.122. The van der Waals surface area contributed by atoms with Gasteiger partial charge in [-0.05, 0) is 50.8 Å². The molecule has 2 N–H and O–H groups in total. The third-order valence-corrected chi connectivity index (χ3v) is 9.04. The number of nitrogens with zero attached hydrogens (tertiary/aromatic N) is 5. The number of nitrogens with one attached hydrogen (secondary N) is 1. The maximum atomic E-state index is 14.0. The molecule has 2 aromatic heterocycles. The molecular weight excluding hydrogens is 522 g/mol. The fourth-order valence-corrected chi connectivity index (χ4v) is 6.59. The summed E-state index contributed by atoms with van der Waals surface area (Å²) >= 11 is 0. The number of hydrogen-bond donors (Lipinski definition) is 2. The van der Waals surface area contributed by atoms with Crippen molar-refractivity contribution in [1.29, 1.82) is 0 Å². The van der Waals surface area contributed by atoms with Crippen LogP contribution < -0.4 is 5.32 Å². The summed E-state index contributed by atoms with van der Waals surface area (Å²) in [5.74, 6) is -2.88. The van der Waals surface area contributed by atoms with Crippen LogP contribution in [0.4, 0.5) is 14.6 Å². The molecule has 3 aromatic rings. The first-order valence-electron chi connectivity index (χ1n) is 12.6. The van der Waals surface area contributed by atoms with Crippen molar-refractivity contribution in [3.8, 4) is 0 Å². The summed E-state index contributed by atoms with van der Waals surface area (Å²) in [6.07, 6.45) is -0.171. The second-order valence-corrected chi connectivity index (χ2v) is 12.7. The Morgan fingerprint density at radius 3 is 2.58 bits per heavy atom. The zero-order chi connectivity index (χ0) is 27.0. The molecule has 1 aromatic carbocycles. The SMILES string of the molecule is CCCS(=O)(=O)c1nc(NC2(c3ccc(F)c(F)c3)CC2)c2nnn(C3CC(O)C4OC(C)(C)OC43)c2n1. The third kappa shape index (κ3) is 4.14. The number of sulfone groups is 1. The topological polar surface area (TPSA) is 141 Å². The average Bonchev–Trinajstić information content (AvgIpc) is 3.24. The van der Waals surface area contributed by atoms with Gasteiger partial charge in [0, 0.05) is 6.42 Å². The number of hydrogen-bond acceptors (Lipinski definition) is 10. The van der Waals surface area contributed by atoms with Crippen molar-refractivity contribution in [3.63, 3.8) is 0 Å². The van der Waals surface area contributed by atoms with Gasteiger partial charge in [-0.3, -0.25) is 0 Å². The molecule has 0 radical (unpaired) electrons. The fourth-order valence-electron chi connectivity index (χ4n) is 5.42. The maximum Gasteiger partial charge on any atom is 0.251 e. The molecule has 204 valence electrons. The lowest BCUT2D eigenvalue weighted by Gasteiger charge is -2.22. The third-order valence-electron chi connectivity index (χ3n) is 7.35. The lowest BCUT2D eigenvalue weighted by atomic mass is 10.0. The molecule has 3 fully saturated rings. The molecule has 1 saturated heterocycles. The largest absolute Gasteiger partial charge is 0.390 e. The highest BCUT2D eigenvalue weighted by Gasteiger charge is 2.55. The number of aliphatic hydroxyl groups excluding tert-OH is 1. The average molecular weight is 551 g/mol. The summed E-state index contributed by atoms with van der Waals surface area (Å²) in [7, 11) is -3.85. The Labute approximate surface area is 217 Å². The second kappa shape index (κ2) is 8.60. The molecule has 14 heteroatoms. The van der Waals surface area contributed by atoms with E-state index in [1.54, 1.807) is 20.8 Å². The summed E-state index contributed by atoms with van der Waals surface area (Å²) in [5, 5.41) is 22.0. The summed E-state index contributed by atoms with van der Waals surface area (Å²) in [6.45, 7) is 5.24. The lowest BCUT2D eigenvalue weighted by molar-refractivity contribution is -0.165. The highest BCUT2D eigenvalue weighted by atomic mass is 32.2. The van der Waals surface area contributed by atoms with Crippen LogP contribution in [0.2, 0.25) is 0 Å². The molecule has 0 spiro atoms. The summed E-state index contributed by atoms with van der Waals surface area (Å²) < 4.78 is 67.1. The number of aromatic nitrogens is 5. The van der Waals surface area contributed by atoms with Gasteiger partial charge >= 0.3 is 0 Å². The van der Waals surface area contributed by atoms with Gasteiger partial charge in [-0.2, -0.15) is 9.97 Å². The first-order valence-corrected chi connectivity index (χ1v) is 14.2. The van der Waals surface area contributed by atoms with E-state index in [2.05, 4.69) is 25.6 Å². The van der Waals surface area contributed by atoms with E-state index in [9.17, 15) is 22.3 Å². The molecule has 3 heterocycles. The molecule has 0 amide bonds. The molecule has 11 nitrogen and oxygen atoms in total. The highest BCUT2D eigenvalue weighted by molar-refractivity contribution is 7.91. The molecule has 38 heavy (non-hydrogen) atoms. The van der Waals surface area contributed by atoms with Crippen LogP contribution in [0, 0.1) is 11.6 Å². The van der Waals surface area contributed by atoms with E-state index in [1.807, 2.05) is 0 Å². The molecule has 0 bridgehead atoms. The maximum absolute atomic E-state index is 14.0. The van der Waals surface area contributed by atoms with Crippen molar-refractivity contribution in [1.82, 2.24) is 25.0 Å². The number of rotatable bonds is 7. The number of aliphatic hydroxyl groups is 1. The van der Waals surface area contributed by atoms with Crippen LogP contribution >= 0.6 is 0 Å². The van der Waals surface area contributed by atoms with Gasteiger partial charge in [-0.25, -0.2) is 21.9 Å². The molecule has 4 atom stereocenters. The van der Waals surface area contributed by atoms with Crippen LogP contribution in [0.15, 0.2) is 23.4 Å². The van der Waals surface area contributed by atoms with Crippen LogP contribution in [0.25, 0.3) is 11.2 Å². The van der Waals surface area contributed by atoms with Gasteiger partial charge in [0.1, 0.15) is 12.2 Å². The van der Waals surface area contributed by atoms with Crippen molar-refractivity contribution in [2.75, 3.05) is 11.1 Å². The quantitative estimate of drug-likeness (QED) is 0.422. The van der Waals surface area contributed by atoms with Crippen LogP contribution in [0.3, 0.4) is 0 Å². The number of anilines is 1. The Bertz CT molecular complexity index is 1530. The zero-order valence-electron chi connectivity index (χ0n) is 21.1. The first kappa shape index (κ1) is 25.5. The summed E-state index contributed by atoms with van der Waals surface area (Å²) in [4.78, 5) is 8.69. The van der Waals surface area contributed by atoms with E-state index in [4.69, 9.17) is 9.47 Å². The highest BCUT2D eigenvalue weighted by Crippen LogP contribution is 2.49. The van der Waals surface area contributed by atoms with Crippen molar-refractivity contribution in [3.05, 3.63) is 35.4 Å². The minimum atomic E-state index is -3.85. The van der Waals surface area contributed by atoms with E-state index < -0.39 is 62.3 Å². The number of halogens is 2. The van der Waals surface area contributed by atoms with E-state index in [0.717, 1.165) is 12.1 Å².